The molecule has 4 rings (SSSR count). The first kappa shape index (κ1) is 15.1. The van der Waals surface area contributed by atoms with Crippen LogP contribution < -0.4 is 0 Å². The van der Waals surface area contributed by atoms with Gasteiger partial charge in [0.2, 0.25) is 0 Å². The fraction of sp³-hybridized carbons (Fsp3) is 0.947. The number of aliphatic hydroxyl groups excluding tert-OH is 1. The predicted octanol–water partition coefficient (Wildman–Crippen LogP) is 3.91. The van der Waals surface area contributed by atoms with Gasteiger partial charge in [-0.15, -0.1) is 0 Å². The van der Waals surface area contributed by atoms with Gasteiger partial charge >= 0.3 is 0 Å². The third kappa shape index (κ3) is 1.78. The van der Waals surface area contributed by atoms with Crippen molar-refractivity contribution in [1.29, 1.82) is 0 Å². The highest BCUT2D eigenvalue weighted by Crippen LogP contribution is 2.65. The van der Waals surface area contributed by atoms with Crippen molar-refractivity contribution in [2.24, 2.45) is 34.5 Å². The van der Waals surface area contributed by atoms with Crippen LogP contribution in [0.1, 0.15) is 65.2 Å². The van der Waals surface area contributed by atoms with Crippen molar-refractivity contribution in [2.75, 3.05) is 0 Å². The molecule has 4 saturated carbocycles. The highest BCUT2D eigenvalue weighted by molar-refractivity contribution is 5.83. The summed E-state index contributed by atoms with van der Waals surface area (Å²) < 4.78 is 14.2. The van der Waals surface area contributed by atoms with E-state index in [1.54, 1.807) is 0 Å². The van der Waals surface area contributed by atoms with E-state index in [0.29, 0.717) is 30.5 Å². The second-order valence-corrected chi connectivity index (χ2v) is 9.09. The minimum atomic E-state index is -1.10. The molecule has 0 heterocycles. The summed E-state index contributed by atoms with van der Waals surface area (Å²) in [7, 11) is 0. The summed E-state index contributed by atoms with van der Waals surface area (Å²) in [5.41, 5.74) is -0.169. The molecule has 1 unspecified atom stereocenters. The Kier molecular flexibility index (Phi) is 3.28. The lowest BCUT2D eigenvalue weighted by Gasteiger charge is -2.59. The molecule has 0 spiro atoms. The average Bonchev–Trinajstić information content (AvgIpc) is 2.71. The van der Waals surface area contributed by atoms with Crippen LogP contribution in [0.4, 0.5) is 4.39 Å². The molecule has 0 radical (unpaired) electrons. The van der Waals surface area contributed by atoms with Gasteiger partial charge in [-0.25, -0.2) is 4.39 Å². The highest BCUT2D eigenvalue weighted by Gasteiger charge is 2.63. The quantitative estimate of drug-likeness (QED) is 0.737. The van der Waals surface area contributed by atoms with Crippen molar-refractivity contribution in [3.63, 3.8) is 0 Å². The van der Waals surface area contributed by atoms with E-state index in [1.165, 1.54) is 12.8 Å². The topological polar surface area (TPSA) is 37.3 Å². The molecular formula is C19H29FO2. The summed E-state index contributed by atoms with van der Waals surface area (Å²) in [6.07, 6.45) is 5.84. The van der Waals surface area contributed by atoms with Gasteiger partial charge in [-0.3, -0.25) is 4.79 Å². The number of Topliss-reactive ketones (excluding diaryl/α,β-unsaturated/α-hetero) is 1. The van der Waals surface area contributed by atoms with Gasteiger partial charge in [-0.05, 0) is 60.7 Å². The summed E-state index contributed by atoms with van der Waals surface area (Å²) in [4.78, 5) is 12.8. The van der Waals surface area contributed by atoms with E-state index < -0.39 is 12.3 Å². The number of halogens is 1. The molecule has 0 bridgehead atoms. The second kappa shape index (κ2) is 4.78. The standard InChI is InChI=1S/C19H29FO2/c1-18-7-4-3-5-13(18)16(21)9-11-12(18)6-8-19(2)14(11)10-15(20)17(19)22/h11-15,17,22H,3-10H2,1-2H3/t11-,12+,13?,14+,15-,17-,18-,19+/m1/s1. The van der Waals surface area contributed by atoms with Crippen LogP contribution in [0.15, 0.2) is 0 Å². The molecule has 0 aliphatic heterocycles. The number of ketones is 1. The summed E-state index contributed by atoms with van der Waals surface area (Å²) in [5, 5.41) is 10.3. The van der Waals surface area contributed by atoms with E-state index in [9.17, 15) is 14.3 Å². The molecule has 1 N–H and O–H groups in total. The normalized spacial score (nSPS) is 57.9. The summed E-state index contributed by atoms with van der Waals surface area (Å²) in [5.74, 6) is 1.75. The summed E-state index contributed by atoms with van der Waals surface area (Å²) in [6.45, 7) is 4.41. The number of aliphatic hydroxyl groups is 1. The first-order chi connectivity index (χ1) is 10.4. The van der Waals surface area contributed by atoms with Crippen LogP contribution in [0.3, 0.4) is 0 Å². The second-order valence-electron chi connectivity index (χ2n) is 9.09. The molecular weight excluding hydrogens is 279 g/mol. The number of fused-ring (bicyclic) bond motifs is 5. The molecule has 124 valence electrons. The van der Waals surface area contributed by atoms with Gasteiger partial charge in [-0.1, -0.05) is 26.7 Å². The Bertz CT molecular complexity index is 492. The first-order valence-electron chi connectivity index (χ1n) is 9.23. The van der Waals surface area contributed by atoms with Crippen molar-refractivity contribution >= 4 is 5.78 Å². The number of carbonyl (C=O) groups excluding carboxylic acids is 1. The maximum absolute atomic E-state index is 14.2. The SMILES string of the molecule is C[C@]12CC[C@H]3[C@@H](CC(=O)C4CCCC[C@@]43C)[C@@H]1C[C@@H](F)[C@H]2O. The molecule has 2 nitrogen and oxygen atoms in total. The van der Waals surface area contributed by atoms with Crippen LogP contribution in [0.25, 0.3) is 0 Å². The maximum atomic E-state index is 14.2. The molecule has 0 aromatic heterocycles. The lowest BCUT2D eigenvalue weighted by Crippen LogP contribution is -2.56. The van der Waals surface area contributed by atoms with Gasteiger partial charge in [0.15, 0.2) is 0 Å². The molecule has 4 aliphatic carbocycles. The van der Waals surface area contributed by atoms with Crippen LogP contribution in [0.2, 0.25) is 0 Å². The largest absolute Gasteiger partial charge is 0.390 e. The first-order valence-corrected chi connectivity index (χ1v) is 9.23. The average molecular weight is 308 g/mol. The van der Waals surface area contributed by atoms with E-state index in [0.717, 1.165) is 25.7 Å². The smallest absolute Gasteiger partial charge is 0.136 e. The van der Waals surface area contributed by atoms with Gasteiger partial charge in [0.05, 0.1) is 6.10 Å². The molecule has 0 aromatic carbocycles. The van der Waals surface area contributed by atoms with E-state index in [1.807, 2.05) is 0 Å². The van der Waals surface area contributed by atoms with Crippen LogP contribution in [0, 0.1) is 34.5 Å². The lowest BCUT2D eigenvalue weighted by molar-refractivity contribution is -0.155. The van der Waals surface area contributed by atoms with E-state index >= 15 is 0 Å². The zero-order chi connectivity index (χ0) is 15.7. The number of carbonyl (C=O) groups is 1. The Hall–Kier alpha value is -0.440. The Morgan fingerprint density at radius 2 is 1.86 bits per heavy atom. The number of rotatable bonds is 0. The summed E-state index contributed by atoms with van der Waals surface area (Å²) in [6, 6.07) is 0. The van der Waals surface area contributed by atoms with Crippen molar-refractivity contribution < 1.29 is 14.3 Å². The third-order valence-electron chi connectivity index (χ3n) is 8.30. The van der Waals surface area contributed by atoms with Crippen LogP contribution >= 0.6 is 0 Å². The Labute approximate surface area is 132 Å². The third-order valence-corrected chi connectivity index (χ3v) is 8.30. The lowest BCUT2D eigenvalue weighted by atomic mass is 9.45. The highest BCUT2D eigenvalue weighted by atomic mass is 19.1. The fourth-order valence-electron chi connectivity index (χ4n) is 7.04. The number of hydrogen-bond donors (Lipinski definition) is 1. The molecule has 8 atom stereocenters. The fourth-order valence-corrected chi connectivity index (χ4v) is 7.04. The monoisotopic (exact) mass is 308 g/mol. The summed E-state index contributed by atoms with van der Waals surface area (Å²) >= 11 is 0. The number of hydrogen-bond acceptors (Lipinski definition) is 2. The van der Waals surface area contributed by atoms with Crippen molar-refractivity contribution in [3.05, 3.63) is 0 Å². The molecule has 0 saturated heterocycles. The van der Waals surface area contributed by atoms with Gasteiger partial charge in [0.1, 0.15) is 12.0 Å². The van der Waals surface area contributed by atoms with Gasteiger partial charge in [0.25, 0.3) is 0 Å². The minimum absolute atomic E-state index is 0.138. The predicted molar refractivity (Wildman–Crippen MR) is 83.0 cm³/mol. The zero-order valence-corrected chi connectivity index (χ0v) is 13.9. The minimum Gasteiger partial charge on any atom is -0.390 e. The van der Waals surface area contributed by atoms with Gasteiger partial charge < -0.3 is 5.11 Å². The van der Waals surface area contributed by atoms with E-state index in [-0.39, 0.29) is 22.7 Å². The van der Waals surface area contributed by atoms with Crippen LogP contribution in [0.5, 0.6) is 0 Å². The Morgan fingerprint density at radius 1 is 1.09 bits per heavy atom. The molecule has 0 aromatic rings. The van der Waals surface area contributed by atoms with E-state index in [2.05, 4.69) is 13.8 Å². The molecule has 4 fully saturated rings. The van der Waals surface area contributed by atoms with Crippen molar-refractivity contribution in [1.82, 2.24) is 0 Å². The Balaban J connectivity index is 1.70. The van der Waals surface area contributed by atoms with Gasteiger partial charge in [0, 0.05) is 12.3 Å². The number of alkyl halides is 1. The van der Waals surface area contributed by atoms with Crippen LogP contribution in [-0.4, -0.2) is 23.2 Å². The molecule has 0 amide bonds. The molecule has 3 heteroatoms. The molecule has 22 heavy (non-hydrogen) atoms. The van der Waals surface area contributed by atoms with Crippen LogP contribution in [-0.2, 0) is 4.79 Å². The zero-order valence-electron chi connectivity index (χ0n) is 13.9. The molecule has 4 aliphatic rings. The maximum Gasteiger partial charge on any atom is 0.136 e. The van der Waals surface area contributed by atoms with Gasteiger partial charge in [-0.2, -0.15) is 0 Å². The Morgan fingerprint density at radius 3 is 2.64 bits per heavy atom. The van der Waals surface area contributed by atoms with E-state index in [4.69, 9.17) is 0 Å². The van der Waals surface area contributed by atoms with Crippen molar-refractivity contribution in [2.45, 2.75) is 77.5 Å². The van der Waals surface area contributed by atoms with Crippen molar-refractivity contribution in [3.8, 4) is 0 Å².